The highest BCUT2D eigenvalue weighted by Gasteiger charge is 2.40. The highest BCUT2D eigenvalue weighted by atomic mass is 32.2. The summed E-state index contributed by atoms with van der Waals surface area (Å²) in [5.74, 6) is -0.377. The van der Waals surface area contributed by atoms with E-state index in [9.17, 15) is 13.2 Å². The number of ether oxygens (including phenoxy) is 1. The smallest absolute Gasteiger partial charge is 0.252 e. The van der Waals surface area contributed by atoms with Gasteiger partial charge in [0.05, 0.1) is 19.1 Å². The van der Waals surface area contributed by atoms with Gasteiger partial charge in [0.1, 0.15) is 4.21 Å². The van der Waals surface area contributed by atoms with Crippen LogP contribution in [0.15, 0.2) is 46.7 Å². The summed E-state index contributed by atoms with van der Waals surface area (Å²) in [6.07, 6.45) is 0.644. The van der Waals surface area contributed by atoms with Crippen LogP contribution in [-0.4, -0.2) is 62.9 Å². The maximum absolute atomic E-state index is 13.4. The summed E-state index contributed by atoms with van der Waals surface area (Å²) in [6.45, 7) is 3.06. The zero-order valence-corrected chi connectivity index (χ0v) is 18.4. The van der Waals surface area contributed by atoms with E-state index < -0.39 is 10.0 Å². The molecule has 3 heterocycles. The first-order valence-electron chi connectivity index (χ1n) is 10.2. The lowest BCUT2D eigenvalue weighted by Gasteiger charge is -2.39. The summed E-state index contributed by atoms with van der Waals surface area (Å²) in [5, 5.41) is 0. The number of rotatable bonds is 5. The second-order valence-corrected chi connectivity index (χ2v) is 11.1. The van der Waals surface area contributed by atoms with Crippen LogP contribution in [0.1, 0.15) is 22.8 Å². The van der Waals surface area contributed by atoms with Gasteiger partial charge < -0.3 is 15.4 Å². The van der Waals surface area contributed by atoms with E-state index >= 15 is 0 Å². The first kappa shape index (κ1) is 21.5. The van der Waals surface area contributed by atoms with E-state index in [0.29, 0.717) is 45.8 Å². The number of piperidine rings is 1. The van der Waals surface area contributed by atoms with Crippen LogP contribution in [0.25, 0.3) is 0 Å². The topological polar surface area (TPSA) is 92.9 Å². The fraction of sp³-hybridized carbons (Fsp3) is 0.476. The van der Waals surface area contributed by atoms with Gasteiger partial charge in [0.15, 0.2) is 0 Å². The molecule has 9 heteroatoms. The molecule has 0 saturated carbocycles. The van der Waals surface area contributed by atoms with Gasteiger partial charge in [0.2, 0.25) is 5.91 Å². The Balaban J connectivity index is 1.62. The Kier molecular flexibility index (Phi) is 6.54. The number of thiophene rings is 1. The van der Waals surface area contributed by atoms with Gasteiger partial charge in [0.25, 0.3) is 10.0 Å². The second kappa shape index (κ2) is 9.15. The van der Waals surface area contributed by atoms with Crippen molar-refractivity contribution in [3.05, 3.63) is 52.9 Å². The maximum atomic E-state index is 13.4. The minimum Gasteiger partial charge on any atom is -0.378 e. The average molecular weight is 450 g/mol. The third kappa shape index (κ3) is 4.45. The Morgan fingerprint density at radius 1 is 1.10 bits per heavy atom. The van der Waals surface area contributed by atoms with Gasteiger partial charge in [-0.05, 0) is 30.0 Å². The van der Waals surface area contributed by atoms with Crippen LogP contribution in [0.2, 0.25) is 0 Å². The van der Waals surface area contributed by atoms with Crippen LogP contribution in [0.5, 0.6) is 0 Å². The molecule has 4 rings (SSSR count). The fourth-order valence-electron chi connectivity index (χ4n) is 4.18. The molecule has 2 aliphatic heterocycles. The molecule has 1 amide bonds. The molecule has 1 aromatic carbocycles. The SMILES string of the molecule is NCc1ccc(S(=O)(=O)N2C[C@H](C(=O)N3CCOCC3)C[C@H](c3ccccc3)C2)s1. The van der Waals surface area contributed by atoms with Crippen molar-refractivity contribution in [2.75, 3.05) is 39.4 Å². The second-order valence-electron chi connectivity index (χ2n) is 7.72. The molecule has 2 aliphatic rings. The van der Waals surface area contributed by atoms with Gasteiger partial charge in [-0.1, -0.05) is 30.3 Å². The van der Waals surface area contributed by atoms with Gasteiger partial charge in [-0.3, -0.25) is 4.79 Å². The van der Waals surface area contributed by atoms with E-state index in [2.05, 4.69) is 0 Å². The molecule has 7 nitrogen and oxygen atoms in total. The number of morpholine rings is 1. The van der Waals surface area contributed by atoms with E-state index in [1.54, 1.807) is 12.1 Å². The van der Waals surface area contributed by atoms with Crippen LogP contribution in [0.3, 0.4) is 0 Å². The standard InChI is InChI=1S/C21H27N3O4S2/c22-13-19-6-7-20(29-19)30(26,27)24-14-17(16-4-2-1-3-5-16)12-18(15-24)21(25)23-8-10-28-11-9-23/h1-7,17-18H,8-15,22H2/t17-,18+/m0/s1. The zero-order valence-electron chi connectivity index (χ0n) is 16.8. The number of nitrogens with two attached hydrogens (primary N) is 1. The monoisotopic (exact) mass is 449 g/mol. The minimum atomic E-state index is -3.69. The zero-order chi connectivity index (χ0) is 21.1. The molecule has 0 radical (unpaired) electrons. The van der Waals surface area contributed by atoms with E-state index in [4.69, 9.17) is 10.5 Å². The third-order valence-corrected chi connectivity index (χ3v) is 9.20. The van der Waals surface area contributed by atoms with Crippen molar-refractivity contribution >= 4 is 27.3 Å². The lowest BCUT2D eigenvalue weighted by atomic mass is 9.85. The number of hydrogen-bond acceptors (Lipinski definition) is 6. The van der Waals surface area contributed by atoms with Crippen LogP contribution in [0, 0.1) is 5.92 Å². The van der Waals surface area contributed by atoms with Crippen LogP contribution in [0.4, 0.5) is 0 Å². The van der Waals surface area contributed by atoms with Gasteiger partial charge in [0, 0.05) is 37.6 Å². The maximum Gasteiger partial charge on any atom is 0.252 e. The molecule has 2 aromatic rings. The Morgan fingerprint density at radius 2 is 1.83 bits per heavy atom. The largest absolute Gasteiger partial charge is 0.378 e. The molecule has 2 fully saturated rings. The van der Waals surface area contributed by atoms with Crippen molar-refractivity contribution in [3.8, 4) is 0 Å². The number of hydrogen-bond donors (Lipinski definition) is 1. The van der Waals surface area contributed by atoms with Gasteiger partial charge in [-0.25, -0.2) is 8.42 Å². The summed E-state index contributed by atoms with van der Waals surface area (Å²) in [6, 6.07) is 13.2. The average Bonchev–Trinajstić information content (AvgIpc) is 3.30. The normalized spacial score (nSPS) is 23.4. The summed E-state index contributed by atoms with van der Waals surface area (Å²) in [7, 11) is -3.69. The number of amides is 1. The Bertz CT molecular complexity index is 971. The highest BCUT2D eigenvalue weighted by Crippen LogP contribution is 2.35. The van der Waals surface area contributed by atoms with Crippen LogP contribution in [-0.2, 0) is 26.1 Å². The number of benzene rings is 1. The quantitative estimate of drug-likeness (QED) is 0.752. The van der Waals surface area contributed by atoms with Crippen LogP contribution >= 0.6 is 11.3 Å². The Labute approximate surface area is 181 Å². The molecule has 0 aliphatic carbocycles. The number of carbonyl (C=O) groups excluding carboxylic acids is 1. The summed E-state index contributed by atoms with van der Waals surface area (Å²) >= 11 is 1.20. The molecule has 0 bridgehead atoms. The third-order valence-electron chi connectivity index (χ3n) is 5.79. The van der Waals surface area contributed by atoms with E-state index in [-0.39, 0.29) is 28.5 Å². The van der Waals surface area contributed by atoms with E-state index in [1.165, 1.54) is 15.6 Å². The molecule has 162 valence electrons. The van der Waals surface area contributed by atoms with Crippen molar-refractivity contribution < 1.29 is 17.9 Å². The van der Waals surface area contributed by atoms with Crippen molar-refractivity contribution in [2.45, 2.75) is 23.1 Å². The molecule has 0 spiro atoms. The first-order chi connectivity index (χ1) is 14.5. The van der Waals surface area contributed by atoms with Crippen molar-refractivity contribution in [1.82, 2.24) is 9.21 Å². The van der Waals surface area contributed by atoms with Gasteiger partial charge >= 0.3 is 0 Å². The molecular weight excluding hydrogens is 422 g/mol. The van der Waals surface area contributed by atoms with E-state index in [0.717, 1.165) is 10.4 Å². The Hall–Kier alpha value is -1.78. The highest BCUT2D eigenvalue weighted by molar-refractivity contribution is 7.91. The molecule has 2 saturated heterocycles. The van der Waals surface area contributed by atoms with E-state index in [1.807, 2.05) is 35.2 Å². The molecule has 2 N–H and O–H groups in total. The minimum absolute atomic E-state index is 0.0213. The summed E-state index contributed by atoms with van der Waals surface area (Å²) in [4.78, 5) is 15.9. The predicted octanol–water partition coefficient (Wildman–Crippen LogP) is 1.86. The predicted molar refractivity (Wildman–Crippen MR) is 116 cm³/mol. The number of sulfonamides is 1. The van der Waals surface area contributed by atoms with Gasteiger partial charge in [-0.2, -0.15) is 4.31 Å². The molecule has 2 atom stereocenters. The van der Waals surface area contributed by atoms with Crippen molar-refractivity contribution in [2.24, 2.45) is 11.7 Å². The molecule has 30 heavy (non-hydrogen) atoms. The van der Waals surface area contributed by atoms with Crippen molar-refractivity contribution in [3.63, 3.8) is 0 Å². The fourth-order valence-corrected chi connectivity index (χ4v) is 7.10. The lowest BCUT2D eigenvalue weighted by molar-refractivity contribution is -0.141. The number of nitrogens with zero attached hydrogens (tertiary/aromatic N) is 2. The summed E-state index contributed by atoms with van der Waals surface area (Å²) < 4.78 is 33.9. The van der Waals surface area contributed by atoms with Crippen molar-refractivity contribution in [1.29, 1.82) is 0 Å². The Morgan fingerprint density at radius 3 is 2.50 bits per heavy atom. The molecular formula is C21H27N3O4S2. The lowest BCUT2D eigenvalue weighted by Crippen LogP contribution is -2.51. The van der Waals surface area contributed by atoms with Crippen LogP contribution < -0.4 is 5.73 Å². The van der Waals surface area contributed by atoms with Gasteiger partial charge in [-0.15, -0.1) is 11.3 Å². The summed E-state index contributed by atoms with van der Waals surface area (Å²) in [5.41, 5.74) is 6.73. The number of carbonyl (C=O) groups is 1. The first-order valence-corrected chi connectivity index (χ1v) is 12.4. The molecule has 0 unspecified atom stereocenters. The molecule has 1 aromatic heterocycles.